The molecule has 1 heterocycles. The lowest BCUT2D eigenvalue weighted by Gasteiger charge is -2.24. The topological polar surface area (TPSA) is 44.5 Å². The second-order valence-corrected chi connectivity index (χ2v) is 6.87. The van der Waals surface area contributed by atoms with Crippen LogP contribution in [0.2, 0.25) is 0 Å². The Labute approximate surface area is 128 Å². The van der Waals surface area contributed by atoms with Gasteiger partial charge in [0.1, 0.15) is 0 Å². The molecule has 0 bridgehead atoms. The van der Waals surface area contributed by atoms with Gasteiger partial charge in [0, 0.05) is 38.3 Å². The third kappa shape index (κ3) is 6.59. The summed E-state index contributed by atoms with van der Waals surface area (Å²) in [6, 6.07) is 2.81. The molecule has 21 heavy (non-hydrogen) atoms. The molecule has 1 saturated carbocycles. The van der Waals surface area contributed by atoms with Crippen molar-refractivity contribution in [2.24, 2.45) is 5.92 Å². The Kier molecular flexibility index (Phi) is 6.21. The van der Waals surface area contributed by atoms with Crippen LogP contribution in [0.5, 0.6) is 0 Å². The van der Waals surface area contributed by atoms with Gasteiger partial charge >= 0.3 is 0 Å². The molecule has 1 aliphatic rings. The molecule has 120 valence electrons. The summed E-state index contributed by atoms with van der Waals surface area (Å²) in [6.07, 6.45) is 2.61. The summed E-state index contributed by atoms with van der Waals surface area (Å²) in [5, 5.41) is 7.64. The SMILES string of the molecule is CC(C)CN(CCN(C)C)Cc1cc(CNC2CC2)no1. The zero-order valence-corrected chi connectivity index (χ0v) is 13.9. The lowest BCUT2D eigenvalue weighted by Crippen LogP contribution is -2.33. The van der Waals surface area contributed by atoms with Gasteiger partial charge in [-0.15, -0.1) is 0 Å². The number of hydrogen-bond donors (Lipinski definition) is 1. The van der Waals surface area contributed by atoms with E-state index >= 15 is 0 Å². The Balaban J connectivity index is 1.82. The van der Waals surface area contributed by atoms with Crippen LogP contribution in [0.1, 0.15) is 38.1 Å². The second kappa shape index (κ2) is 7.92. The number of nitrogens with zero attached hydrogens (tertiary/aromatic N) is 3. The van der Waals surface area contributed by atoms with Gasteiger partial charge < -0.3 is 14.7 Å². The predicted octanol–water partition coefficient (Wildman–Crippen LogP) is 1.95. The van der Waals surface area contributed by atoms with Crippen LogP contribution in [0.25, 0.3) is 0 Å². The van der Waals surface area contributed by atoms with Crippen LogP contribution >= 0.6 is 0 Å². The first-order valence-electron chi connectivity index (χ1n) is 8.08. The van der Waals surface area contributed by atoms with Crippen molar-refractivity contribution in [1.82, 2.24) is 20.3 Å². The fraction of sp³-hybridized carbons (Fsp3) is 0.812. The van der Waals surface area contributed by atoms with E-state index in [0.717, 1.165) is 44.2 Å². The van der Waals surface area contributed by atoms with E-state index in [1.165, 1.54) is 12.8 Å². The third-order valence-corrected chi connectivity index (χ3v) is 3.62. The van der Waals surface area contributed by atoms with Gasteiger partial charge in [-0.2, -0.15) is 0 Å². The van der Waals surface area contributed by atoms with Crippen LogP contribution < -0.4 is 5.32 Å². The maximum atomic E-state index is 5.49. The third-order valence-electron chi connectivity index (χ3n) is 3.62. The summed E-state index contributed by atoms with van der Waals surface area (Å²) in [5.74, 6) is 1.63. The highest BCUT2D eigenvalue weighted by Crippen LogP contribution is 2.19. The van der Waals surface area contributed by atoms with Crippen molar-refractivity contribution in [3.05, 3.63) is 17.5 Å². The normalized spacial score (nSPS) is 15.6. The molecular formula is C16H30N4O. The zero-order chi connectivity index (χ0) is 15.2. The lowest BCUT2D eigenvalue weighted by atomic mass is 10.2. The zero-order valence-electron chi connectivity index (χ0n) is 13.9. The Hall–Kier alpha value is -0.910. The first kappa shape index (κ1) is 16.5. The van der Waals surface area contributed by atoms with Gasteiger partial charge in [0.25, 0.3) is 0 Å². The van der Waals surface area contributed by atoms with Crippen molar-refractivity contribution in [2.45, 2.75) is 45.8 Å². The summed E-state index contributed by atoms with van der Waals surface area (Å²) < 4.78 is 5.49. The minimum absolute atomic E-state index is 0.658. The van der Waals surface area contributed by atoms with Crippen molar-refractivity contribution in [3.63, 3.8) is 0 Å². The fourth-order valence-corrected chi connectivity index (χ4v) is 2.36. The number of nitrogens with one attached hydrogen (secondary N) is 1. The molecule has 1 aliphatic carbocycles. The predicted molar refractivity (Wildman–Crippen MR) is 85.0 cm³/mol. The number of hydrogen-bond acceptors (Lipinski definition) is 5. The van der Waals surface area contributed by atoms with E-state index in [-0.39, 0.29) is 0 Å². The number of rotatable bonds is 10. The Morgan fingerprint density at radius 3 is 2.71 bits per heavy atom. The van der Waals surface area contributed by atoms with Crippen molar-refractivity contribution in [2.75, 3.05) is 33.7 Å². The van der Waals surface area contributed by atoms with Crippen LogP contribution in [0.3, 0.4) is 0 Å². The molecule has 0 amide bonds. The number of likely N-dealkylation sites (N-methyl/N-ethyl adjacent to an activating group) is 1. The van der Waals surface area contributed by atoms with Gasteiger partial charge in [-0.3, -0.25) is 4.90 Å². The minimum Gasteiger partial charge on any atom is -0.360 e. The van der Waals surface area contributed by atoms with Gasteiger partial charge in [-0.1, -0.05) is 19.0 Å². The second-order valence-electron chi connectivity index (χ2n) is 6.87. The van der Waals surface area contributed by atoms with Crippen molar-refractivity contribution in [1.29, 1.82) is 0 Å². The average Bonchev–Trinajstić information content (AvgIpc) is 3.13. The van der Waals surface area contributed by atoms with Crippen LogP contribution in [0.15, 0.2) is 10.6 Å². The molecule has 0 saturated heterocycles. The molecule has 0 atom stereocenters. The molecule has 1 aromatic rings. The van der Waals surface area contributed by atoms with E-state index < -0.39 is 0 Å². The molecule has 0 spiro atoms. The van der Waals surface area contributed by atoms with Crippen LogP contribution in [-0.2, 0) is 13.1 Å². The molecule has 1 fully saturated rings. The first-order valence-corrected chi connectivity index (χ1v) is 8.08. The van der Waals surface area contributed by atoms with Crippen molar-refractivity contribution in [3.8, 4) is 0 Å². The summed E-state index contributed by atoms with van der Waals surface area (Å²) in [4.78, 5) is 4.67. The van der Waals surface area contributed by atoms with Crippen LogP contribution in [0, 0.1) is 5.92 Å². The maximum Gasteiger partial charge on any atom is 0.151 e. The van der Waals surface area contributed by atoms with E-state index in [4.69, 9.17) is 4.52 Å². The van der Waals surface area contributed by atoms with E-state index in [0.29, 0.717) is 12.0 Å². The molecule has 5 heteroatoms. The summed E-state index contributed by atoms with van der Waals surface area (Å²) >= 11 is 0. The van der Waals surface area contributed by atoms with E-state index in [9.17, 15) is 0 Å². The first-order chi connectivity index (χ1) is 10.0. The van der Waals surface area contributed by atoms with Crippen LogP contribution in [-0.4, -0.2) is 54.7 Å². The van der Waals surface area contributed by atoms with Gasteiger partial charge in [0.05, 0.1) is 12.2 Å². The quantitative estimate of drug-likeness (QED) is 0.714. The monoisotopic (exact) mass is 294 g/mol. The fourth-order valence-electron chi connectivity index (χ4n) is 2.36. The molecule has 0 aromatic carbocycles. The van der Waals surface area contributed by atoms with Crippen LogP contribution in [0.4, 0.5) is 0 Å². The molecule has 0 unspecified atom stereocenters. The summed E-state index contributed by atoms with van der Waals surface area (Å²) in [6.45, 7) is 9.41. The van der Waals surface area contributed by atoms with Crippen molar-refractivity contribution < 1.29 is 4.52 Å². The van der Waals surface area contributed by atoms with E-state index in [1.807, 2.05) is 0 Å². The smallest absolute Gasteiger partial charge is 0.151 e. The Morgan fingerprint density at radius 2 is 2.10 bits per heavy atom. The standard InChI is InChI=1S/C16H30N4O/c1-13(2)11-20(8-7-19(3)4)12-16-9-15(18-21-16)10-17-14-5-6-14/h9,13-14,17H,5-8,10-12H2,1-4H3. The molecule has 0 aliphatic heterocycles. The average molecular weight is 294 g/mol. The van der Waals surface area contributed by atoms with Crippen molar-refractivity contribution >= 4 is 0 Å². The molecule has 1 aromatic heterocycles. The molecule has 5 nitrogen and oxygen atoms in total. The highest BCUT2D eigenvalue weighted by Gasteiger charge is 2.20. The molecule has 1 N–H and O–H groups in total. The summed E-state index contributed by atoms with van der Waals surface area (Å²) in [5.41, 5.74) is 1.02. The van der Waals surface area contributed by atoms with Gasteiger partial charge in [0.15, 0.2) is 5.76 Å². The molecule has 2 rings (SSSR count). The van der Waals surface area contributed by atoms with Gasteiger partial charge in [0.2, 0.25) is 0 Å². The summed E-state index contributed by atoms with van der Waals surface area (Å²) in [7, 11) is 4.23. The molecular weight excluding hydrogens is 264 g/mol. The Morgan fingerprint density at radius 1 is 1.33 bits per heavy atom. The highest BCUT2D eigenvalue weighted by molar-refractivity contribution is 5.05. The number of aromatic nitrogens is 1. The maximum absolute atomic E-state index is 5.49. The Bertz CT molecular complexity index is 412. The minimum atomic E-state index is 0.658. The molecule has 0 radical (unpaired) electrons. The van der Waals surface area contributed by atoms with Gasteiger partial charge in [-0.05, 0) is 32.9 Å². The lowest BCUT2D eigenvalue weighted by molar-refractivity contribution is 0.191. The highest BCUT2D eigenvalue weighted by atomic mass is 16.5. The largest absolute Gasteiger partial charge is 0.360 e. The van der Waals surface area contributed by atoms with E-state index in [2.05, 4.69) is 54.3 Å². The van der Waals surface area contributed by atoms with Gasteiger partial charge in [-0.25, -0.2) is 0 Å². The van der Waals surface area contributed by atoms with E-state index in [1.54, 1.807) is 0 Å².